The van der Waals surface area contributed by atoms with Gasteiger partial charge in [-0.2, -0.15) is 0 Å². The average molecular weight is 260 g/mol. The zero-order valence-corrected chi connectivity index (χ0v) is 13.1. The molecule has 0 heterocycles. The molecule has 0 spiro atoms. The van der Waals surface area contributed by atoms with E-state index in [1.54, 1.807) is 11.8 Å². The molecular formula is C15H32OS. The Balaban J connectivity index is 3.45. The maximum absolute atomic E-state index is 9.66. The molecule has 1 nitrogen and oxygen atoms in total. The Morgan fingerprint density at radius 1 is 0.941 bits per heavy atom. The van der Waals surface area contributed by atoms with Crippen molar-refractivity contribution < 1.29 is 5.11 Å². The molecule has 0 fully saturated rings. The van der Waals surface area contributed by atoms with Crippen LogP contribution >= 0.6 is 11.8 Å². The van der Waals surface area contributed by atoms with Gasteiger partial charge in [0.2, 0.25) is 0 Å². The molecule has 0 rings (SSSR count). The lowest BCUT2D eigenvalue weighted by Gasteiger charge is -2.26. The third kappa shape index (κ3) is 11.1. The zero-order valence-electron chi connectivity index (χ0n) is 12.3. The molecule has 0 aliphatic carbocycles. The molecule has 0 bridgehead atoms. The van der Waals surface area contributed by atoms with Crippen molar-refractivity contribution in [2.75, 3.05) is 0 Å². The van der Waals surface area contributed by atoms with Crippen molar-refractivity contribution in [3.8, 4) is 0 Å². The summed E-state index contributed by atoms with van der Waals surface area (Å²) in [6, 6.07) is 0. The molecule has 0 aromatic heterocycles. The van der Waals surface area contributed by atoms with Crippen molar-refractivity contribution >= 4 is 11.8 Å². The molecule has 0 aliphatic heterocycles. The number of rotatable bonds is 11. The van der Waals surface area contributed by atoms with Gasteiger partial charge in [-0.15, -0.1) is 11.8 Å². The van der Waals surface area contributed by atoms with Crippen LogP contribution in [0.15, 0.2) is 0 Å². The highest BCUT2D eigenvalue weighted by Gasteiger charge is 2.21. The minimum atomic E-state index is -0.186. The molecule has 0 saturated heterocycles. The summed E-state index contributed by atoms with van der Waals surface area (Å²) in [4.78, 5) is 0. The van der Waals surface area contributed by atoms with Crippen LogP contribution in [0, 0.1) is 0 Å². The van der Waals surface area contributed by atoms with Gasteiger partial charge in [-0.3, -0.25) is 0 Å². The van der Waals surface area contributed by atoms with E-state index >= 15 is 0 Å². The normalized spacial score (nSPS) is 13.9. The lowest BCUT2D eigenvalue weighted by molar-refractivity contribution is 0.257. The molecule has 1 unspecified atom stereocenters. The first-order valence-electron chi connectivity index (χ1n) is 7.37. The Kier molecular flexibility index (Phi) is 10.4. The van der Waals surface area contributed by atoms with E-state index in [0.29, 0.717) is 0 Å². The predicted octanol–water partition coefficient (Wildman–Crippen LogP) is 5.37. The molecular weight excluding hydrogens is 228 g/mol. The summed E-state index contributed by atoms with van der Waals surface area (Å²) in [5.74, 6) is 0. The van der Waals surface area contributed by atoms with Crippen LogP contribution in [0.4, 0.5) is 0 Å². The first-order valence-corrected chi connectivity index (χ1v) is 8.25. The SMILES string of the molecule is CCCCCCCCCC(C)(C)SC(O)CC. The number of aliphatic hydroxyl groups excluding tert-OH is 1. The Labute approximate surface area is 113 Å². The summed E-state index contributed by atoms with van der Waals surface area (Å²) < 4.78 is 0.235. The summed E-state index contributed by atoms with van der Waals surface area (Å²) in [6.45, 7) is 8.82. The van der Waals surface area contributed by atoms with Gasteiger partial charge in [0.25, 0.3) is 0 Å². The zero-order chi connectivity index (χ0) is 13.1. The highest BCUT2D eigenvalue weighted by Crippen LogP contribution is 2.33. The highest BCUT2D eigenvalue weighted by atomic mass is 32.2. The smallest absolute Gasteiger partial charge is 0.0995 e. The molecule has 0 radical (unpaired) electrons. The van der Waals surface area contributed by atoms with Crippen molar-refractivity contribution in [3.05, 3.63) is 0 Å². The molecule has 1 atom stereocenters. The Morgan fingerprint density at radius 2 is 1.47 bits per heavy atom. The average Bonchev–Trinajstić information content (AvgIpc) is 2.27. The van der Waals surface area contributed by atoms with Gasteiger partial charge in [0, 0.05) is 4.75 Å². The van der Waals surface area contributed by atoms with Gasteiger partial charge < -0.3 is 5.11 Å². The van der Waals surface area contributed by atoms with E-state index in [2.05, 4.69) is 20.8 Å². The van der Waals surface area contributed by atoms with E-state index in [0.717, 1.165) is 6.42 Å². The monoisotopic (exact) mass is 260 g/mol. The van der Waals surface area contributed by atoms with Crippen molar-refractivity contribution in [1.82, 2.24) is 0 Å². The number of thioether (sulfide) groups is 1. The van der Waals surface area contributed by atoms with Gasteiger partial charge in [0.05, 0.1) is 5.44 Å². The Hall–Kier alpha value is 0.310. The topological polar surface area (TPSA) is 20.2 Å². The quantitative estimate of drug-likeness (QED) is 0.398. The first kappa shape index (κ1) is 17.3. The molecule has 0 aromatic carbocycles. The molecule has 0 aromatic rings. The standard InChI is InChI=1S/C15H32OS/c1-5-7-8-9-10-11-12-13-15(3,4)17-14(16)6-2/h14,16H,5-13H2,1-4H3. The minimum absolute atomic E-state index is 0.186. The minimum Gasteiger partial charge on any atom is -0.382 e. The van der Waals surface area contributed by atoms with E-state index in [1.807, 2.05) is 6.92 Å². The highest BCUT2D eigenvalue weighted by molar-refractivity contribution is 8.01. The third-order valence-electron chi connectivity index (χ3n) is 3.19. The van der Waals surface area contributed by atoms with Crippen molar-refractivity contribution in [2.45, 2.75) is 95.7 Å². The predicted molar refractivity (Wildman–Crippen MR) is 80.6 cm³/mol. The third-order valence-corrected chi connectivity index (χ3v) is 4.63. The summed E-state index contributed by atoms with van der Waals surface area (Å²) in [7, 11) is 0. The fourth-order valence-electron chi connectivity index (χ4n) is 2.02. The van der Waals surface area contributed by atoms with Gasteiger partial charge in [-0.25, -0.2) is 0 Å². The Bertz CT molecular complexity index is 168. The maximum atomic E-state index is 9.66. The van der Waals surface area contributed by atoms with Crippen LogP contribution in [-0.4, -0.2) is 15.3 Å². The summed E-state index contributed by atoms with van der Waals surface area (Å²) in [5.41, 5.74) is -0.186. The first-order chi connectivity index (χ1) is 8.02. The second kappa shape index (κ2) is 10.3. The number of hydrogen-bond acceptors (Lipinski definition) is 2. The van der Waals surface area contributed by atoms with Gasteiger partial charge in [-0.1, -0.05) is 72.6 Å². The molecule has 0 saturated carbocycles. The number of unbranched alkanes of at least 4 members (excludes halogenated alkanes) is 6. The van der Waals surface area contributed by atoms with E-state index in [-0.39, 0.29) is 10.2 Å². The largest absolute Gasteiger partial charge is 0.382 e. The molecule has 2 heteroatoms. The summed E-state index contributed by atoms with van der Waals surface area (Å²) in [6.07, 6.45) is 11.7. The van der Waals surface area contributed by atoms with E-state index in [9.17, 15) is 5.11 Å². The van der Waals surface area contributed by atoms with Gasteiger partial charge in [0.1, 0.15) is 0 Å². The molecule has 1 N–H and O–H groups in total. The van der Waals surface area contributed by atoms with E-state index < -0.39 is 0 Å². The molecule has 0 aliphatic rings. The fourth-order valence-corrected chi connectivity index (χ4v) is 3.18. The van der Waals surface area contributed by atoms with Crippen LogP contribution < -0.4 is 0 Å². The molecule has 0 amide bonds. The maximum Gasteiger partial charge on any atom is 0.0995 e. The van der Waals surface area contributed by atoms with Gasteiger partial charge >= 0.3 is 0 Å². The lowest BCUT2D eigenvalue weighted by atomic mass is 10.0. The Morgan fingerprint density at radius 3 is 2.00 bits per heavy atom. The van der Waals surface area contributed by atoms with Crippen molar-refractivity contribution in [3.63, 3.8) is 0 Å². The number of aliphatic hydroxyl groups is 1. The van der Waals surface area contributed by atoms with Crippen molar-refractivity contribution in [1.29, 1.82) is 0 Å². The molecule has 17 heavy (non-hydrogen) atoms. The van der Waals surface area contributed by atoms with E-state index in [1.165, 1.54) is 51.4 Å². The lowest BCUT2D eigenvalue weighted by Crippen LogP contribution is -2.19. The van der Waals surface area contributed by atoms with Crippen LogP contribution in [0.5, 0.6) is 0 Å². The van der Waals surface area contributed by atoms with Crippen molar-refractivity contribution in [2.24, 2.45) is 0 Å². The van der Waals surface area contributed by atoms with Crippen LogP contribution in [0.3, 0.4) is 0 Å². The summed E-state index contributed by atoms with van der Waals surface area (Å²) in [5, 5.41) is 9.66. The van der Waals surface area contributed by atoms with E-state index in [4.69, 9.17) is 0 Å². The van der Waals surface area contributed by atoms with Crippen LogP contribution in [0.2, 0.25) is 0 Å². The van der Waals surface area contributed by atoms with Crippen LogP contribution in [0.25, 0.3) is 0 Å². The second-order valence-corrected chi connectivity index (χ2v) is 7.50. The van der Waals surface area contributed by atoms with Crippen LogP contribution in [-0.2, 0) is 0 Å². The van der Waals surface area contributed by atoms with Crippen LogP contribution in [0.1, 0.15) is 85.5 Å². The number of hydrogen-bond donors (Lipinski definition) is 1. The molecule has 104 valence electrons. The van der Waals surface area contributed by atoms with Gasteiger partial charge in [-0.05, 0) is 12.8 Å². The second-order valence-electron chi connectivity index (χ2n) is 5.61. The summed E-state index contributed by atoms with van der Waals surface area (Å²) >= 11 is 1.73. The fraction of sp³-hybridized carbons (Fsp3) is 1.00. The van der Waals surface area contributed by atoms with Gasteiger partial charge in [0.15, 0.2) is 0 Å².